The number of rotatable bonds is 5. The first-order chi connectivity index (χ1) is 13.5. The molecule has 5 aliphatic rings. The molecule has 1 unspecified atom stereocenters. The second-order valence-corrected chi connectivity index (χ2v) is 10.5. The number of phenols is 1. The van der Waals surface area contributed by atoms with Crippen LogP contribution in [0.4, 0.5) is 0 Å². The van der Waals surface area contributed by atoms with E-state index in [1.54, 1.807) is 0 Å². The van der Waals surface area contributed by atoms with Crippen molar-refractivity contribution in [1.82, 2.24) is 0 Å². The third-order valence-electron chi connectivity index (χ3n) is 8.91. The molecule has 1 saturated heterocycles. The monoisotopic (exact) mass is 384 g/mol. The van der Waals surface area contributed by atoms with Crippen molar-refractivity contribution in [1.29, 1.82) is 0 Å². The number of ether oxygens (including phenoxy) is 2. The molecule has 2 heterocycles. The van der Waals surface area contributed by atoms with Crippen LogP contribution in [0.25, 0.3) is 0 Å². The Morgan fingerprint density at radius 2 is 2.11 bits per heavy atom. The normalized spacial score (nSPS) is 42.8. The lowest BCUT2D eigenvalue weighted by molar-refractivity contribution is -0.951. The summed E-state index contributed by atoms with van der Waals surface area (Å²) < 4.78 is 14.7. The third kappa shape index (κ3) is 1.99. The van der Waals surface area contributed by atoms with Gasteiger partial charge in [0.15, 0.2) is 11.5 Å². The average molecular weight is 385 g/mol. The van der Waals surface area contributed by atoms with Gasteiger partial charge in [0, 0.05) is 30.9 Å². The molecule has 3 fully saturated rings. The summed E-state index contributed by atoms with van der Waals surface area (Å²) in [5, 5.41) is 10.6. The minimum atomic E-state index is -0.139. The number of hydrogen-bond acceptors (Lipinski definition) is 3. The molecule has 0 radical (unpaired) electrons. The highest BCUT2D eigenvalue weighted by molar-refractivity contribution is 5.61. The quantitative estimate of drug-likeness (QED) is 0.782. The van der Waals surface area contributed by atoms with Crippen LogP contribution in [0.1, 0.15) is 63.0 Å². The lowest BCUT2D eigenvalue weighted by atomic mass is 9.48. The summed E-state index contributed by atoms with van der Waals surface area (Å²) in [6.07, 6.45) is 9.64. The molecule has 152 valence electrons. The van der Waals surface area contributed by atoms with Crippen LogP contribution >= 0.6 is 0 Å². The van der Waals surface area contributed by atoms with E-state index >= 15 is 0 Å². The molecule has 6 rings (SSSR count). The first-order valence-electron chi connectivity index (χ1n) is 11.5. The number of nitrogens with zero attached hydrogens (tertiary/aromatic N) is 1. The van der Waals surface area contributed by atoms with Gasteiger partial charge in [0.25, 0.3) is 0 Å². The van der Waals surface area contributed by atoms with Gasteiger partial charge in [0.1, 0.15) is 17.7 Å². The fourth-order valence-electron chi connectivity index (χ4n) is 7.69. The zero-order chi connectivity index (χ0) is 19.1. The number of phenolic OH excluding ortho intramolecular Hbond substituents is 1. The Hall–Kier alpha value is -1.26. The van der Waals surface area contributed by atoms with Gasteiger partial charge in [-0.2, -0.15) is 0 Å². The van der Waals surface area contributed by atoms with E-state index in [9.17, 15) is 5.11 Å². The van der Waals surface area contributed by atoms with Crippen molar-refractivity contribution in [2.75, 3.05) is 26.7 Å². The van der Waals surface area contributed by atoms with Gasteiger partial charge in [-0.3, -0.25) is 0 Å². The molecular formula is C24H34NO3+. The molecule has 4 nitrogen and oxygen atoms in total. The van der Waals surface area contributed by atoms with Gasteiger partial charge in [-0.25, -0.2) is 0 Å². The molecule has 1 spiro atoms. The van der Waals surface area contributed by atoms with Gasteiger partial charge < -0.3 is 19.1 Å². The van der Waals surface area contributed by atoms with Gasteiger partial charge in [-0.15, -0.1) is 0 Å². The first kappa shape index (κ1) is 17.6. The van der Waals surface area contributed by atoms with Crippen molar-refractivity contribution in [3.05, 3.63) is 23.3 Å². The van der Waals surface area contributed by atoms with E-state index in [1.807, 2.05) is 6.07 Å². The zero-order valence-electron chi connectivity index (χ0n) is 17.4. The van der Waals surface area contributed by atoms with Crippen LogP contribution in [0.2, 0.25) is 0 Å². The number of aromatic hydroxyl groups is 1. The lowest BCUT2D eigenvalue weighted by Crippen LogP contribution is -2.80. The summed E-state index contributed by atoms with van der Waals surface area (Å²) in [7, 11) is 2.51. The van der Waals surface area contributed by atoms with Crippen LogP contribution < -0.4 is 4.74 Å². The van der Waals surface area contributed by atoms with E-state index in [0.717, 1.165) is 50.4 Å². The molecule has 1 aromatic carbocycles. The lowest BCUT2D eigenvalue weighted by Gasteiger charge is -2.66. The van der Waals surface area contributed by atoms with E-state index in [-0.39, 0.29) is 17.1 Å². The number of likely N-dealkylation sites (tertiary alicyclic amines) is 1. The van der Waals surface area contributed by atoms with E-state index in [2.05, 4.69) is 20.0 Å². The van der Waals surface area contributed by atoms with E-state index in [0.29, 0.717) is 11.8 Å². The Kier molecular flexibility index (Phi) is 3.56. The molecule has 2 bridgehead atoms. The van der Waals surface area contributed by atoms with Crippen molar-refractivity contribution in [3.8, 4) is 11.5 Å². The standard InChI is InChI=1S/C24H33NO3/c1-3-13-27-24-10-4-5-20-23(24)11-12-25(2,15-16-6-7-16)19(24)14-17-8-9-18(26)22(28-20)21(17)23/h8-9,16,19-20H,3-7,10-15H2,1-2H3/p+1/t19-,20+,23-,24-,25?/m1/s1. The topological polar surface area (TPSA) is 38.7 Å². The SMILES string of the molecule is CCCO[C@@]12CCC[C@@H]3Oc4c(O)ccc5c4[C@@]31CC[N+](C)(CC1CC1)[C@@H]2C5. The second kappa shape index (κ2) is 5.66. The van der Waals surface area contributed by atoms with Crippen LogP contribution in [0.15, 0.2) is 12.1 Å². The minimum Gasteiger partial charge on any atom is -0.504 e. The second-order valence-electron chi connectivity index (χ2n) is 10.5. The summed E-state index contributed by atoms with van der Waals surface area (Å²) in [5.41, 5.74) is 2.54. The molecule has 2 aliphatic heterocycles. The Morgan fingerprint density at radius 3 is 2.89 bits per heavy atom. The Labute approximate surface area is 168 Å². The van der Waals surface area contributed by atoms with Gasteiger partial charge >= 0.3 is 0 Å². The van der Waals surface area contributed by atoms with Gasteiger partial charge in [0.05, 0.1) is 25.6 Å². The highest BCUT2D eigenvalue weighted by atomic mass is 16.5. The smallest absolute Gasteiger partial charge is 0.165 e. The van der Waals surface area contributed by atoms with Crippen molar-refractivity contribution in [3.63, 3.8) is 0 Å². The average Bonchev–Trinajstić information content (AvgIpc) is 3.42. The fourth-order valence-corrected chi connectivity index (χ4v) is 7.69. The molecule has 3 aliphatic carbocycles. The van der Waals surface area contributed by atoms with Gasteiger partial charge in [0.2, 0.25) is 0 Å². The number of quaternary nitrogens is 1. The minimum absolute atomic E-state index is 0.0615. The van der Waals surface area contributed by atoms with E-state index in [1.165, 1.54) is 48.0 Å². The molecule has 1 aromatic rings. The number of piperidine rings is 1. The predicted molar refractivity (Wildman–Crippen MR) is 108 cm³/mol. The highest BCUT2D eigenvalue weighted by Gasteiger charge is 2.75. The molecular weight excluding hydrogens is 350 g/mol. The van der Waals surface area contributed by atoms with Crippen LogP contribution in [-0.2, 0) is 16.6 Å². The van der Waals surface area contributed by atoms with Crippen molar-refractivity contribution < 1.29 is 19.1 Å². The molecule has 0 amide bonds. The maximum absolute atomic E-state index is 10.6. The molecule has 0 aromatic heterocycles. The Morgan fingerprint density at radius 1 is 1.25 bits per heavy atom. The van der Waals surface area contributed by atoms with E-state index in [4.69, 9.17) is 9.47 Å². The summed E-state index contributed by atoms with van der Waals surface area (Å²) in [4.78, 5) is 0. The summed E-state index contributed by atoms with van der Waals surface area (Å²) in [6.45, 7) is 5.58. The zero-order valence-corrected chi connectivity index (χ0v) is 17.4. The van der Waals surface area contributed by atoms with Crippen LogP contribution in [0, 0.1) is 5.92 Å². The summed E-state index contributed by atoms with van der Waals surface area (Å²) in [5.74, 6) is 2.02. The summed E-state index contributed by atoms with van der Waals surface area (Å²) in [6, 6.07) is 4.55. The van der Waals surface area contributed by atoms with Crippen LogP contribution in [0.5, 0.6) is 11.5 Å². The fraction of sp³-hybridized carbons (Fsp3) is 0.750. The molecule has 2 saturated carbocycles. The van der Waals surface area contributed by atoms with Crippen molar-refractivity contribution in [2.45, 2.75) is 81.5 Å². The van der Waals surface area contributed by atoms with Crippen LogP contribution in [0.3, 0.4) is 0 Å². The van der Waals surface area contributed by atoms with Gasteiger partial charge in [-0.1, -0.05) is 13.0 Å². The number of benzene rings is 1. The predicted octanol–water partition coefficient (Wildman–Crippen LogP) is 3.93. The van der Waals surface area contributed by atoms with E-state index < -0.39 is 0 Å². The summed E-state index contributed by atoms with van der Waals surface area (Å²) >= 11 is 0. The number of likely N-dealkylation sites (N-methyl/N-ethyl adjacent to an activating group) is 1. The van der Waals surface area contributed by atoms with Crippen molar-refractivity contribution >= 4 is 0 Å². The third-order valence-corrected chi connectivity index (χ3v) is 8.91. The highest BCUT2D eigenvalue weighted by Crippen LogP contribution is 2.67. The molecule has 1 N–H and O–H groups in total. The molecule has 5 atom stereocenters. The Bertz CT molecular complexity index is 820. The molecule has 28 heavy (non-hydrogen) atoms. The maximum Gasteiger partial charge on any atom is 0.165 e. The van der Waals surface area contributed by atoms with Crippen LogP contribution in [-0.4, -0.2) is 54.1 Å². The first-order valence-corrected chi connectivity index (χ1v) is 11.5. The molecule has 4 heteroatoms. The number of hydrogen-bond donors (Lipinski definition) is 1. The Balaban J connectivity index is 1.57. The van der Waals surface area contributed by atoms with Crippen molar-refractivity contribution in [2.24, 2.45) is 5.92 Å². The maximum atomic E-state index is 10.6. The largest absolute Gasteiger partial charge is 0.504 e. The van der Waals surface area contributed by atoms with Gasteiger partial charge in [-0.05, 0) is 50.2 Å².